The molecule has 0 aliphatic heterocycles. The number of carbonyl (C=O) groups excluding carboxylic acids is 1. The van der Waals surface area contributed by atoms with Gasteiger partial charge in [-0.3, -0.25) is 0 Å². The first-order valence-corrected chi connectivity index (χ1v) is 4.61. The smallest absolute Gasteiger partial charge is 0.354 e. The van der Waals surface area contributed by atoms with Crippen LogP contribution in [-0.4, -0.2) is 17.6 Å². The standard InChI is InChI=1S/C9H12ClNO2/c1-3-7-6(10)5-8(11-7)9(12)13-4-2/h5,11H,3-4H2,1-2H3. The van der Waals surface area contributed by atoms with Crippen LogP contribution in [0, 0.1) is 0 Å². The van der Waals surface area contributed by atoms with E-state index in [2.05, 4.69) is 4.98 Å². The Labute approximate surface area is 82.0 Å². The zero-order valence-electron chi connectivity index (χ0n) is 7.69. The van der Waals surface area contributed by atoms with E-state index in [1.165, 1.54) is 0 Å². The van der Waals surface area contributed by atoms with Crippen LogP contribution in [0.2, 0.25) is 5.02 Å². The van der Waals surface area contributed by atoms with Crippen molar-refractivity contribution in [1.82, 2.24) is 4.98 Å². The lowest BCUT2D eigenvalue weighted by molar-refractivity contribution is 0.0520. The van der Waals surface area contributed by atoms with Crippen molar-refractivity contribution in [2.24, 2.45) is 0 Å². The summed E-state index contributed by atoms with van der Waals surface area (Å²) in [5.74, 6) is -0.357. The monoisotopic (exact) mass is 201 g/mol. The third-order valence-electron chi connectivity index (χ3n) is 1.69. The molecule has 0 saturated heterocycles. The Bertz CT molecular complexity index is 307. The summed E-state index contributed by atoms with van der Waals surface area (Å²) in [5.41, 5.74) is 1.29. The molecule has 0 aliphatic carbocycles. The topological polar surface area (TPSA) is 42.1 Å². The van der Waals surface area contributed by atoms with Crippen molar-refractivity contribution in [3.05, 3.63) is 22.5 Å². The highest BCUT2D eigenvalue weighted by atomic mass is 35.5. The summed E-state index contributed by atoms with van der Waals surface area (Å²) in [5, 5.41) is 0.588. The van der Waals surface area contributed by atoms with Crippen LogP contribution in [0.15, 0.2) is 6.07 Å². The van der Waals surface area contributed by atoms with Gasteiger partial charge in [-0.2, -0.15) is 0 Å². The van der Waals surface area contributed by atoms with Crippen molar-refractivity contribution in [2.45, 2.75) is 20.3 Å². The summed E-state index contributed by atoms with van der Waals surface area (Å²) in [6.45, 7) is 4.10. The maximum atomic E-state index is 11.2. The largest absolute Gasteiger partial charge is 0.461 e. The third kappa shape index (κ3) is 2.25. The van der Waals surface area contributed by atoms with E-state index in [0.717, 1.165) is 12.1 Å². The van der Waals surface area contributed by atoms with Gasteiger partial charge < -0.3 is 9.72 Å². The molecule has 1 N–H and O–H groups in total. The quantitative estimate of drug-likeness (QED) is 0.764. The molecule has 13 heavy (non-hydrogen) atoms. The second-order valence-electron chi connectivity index (χ2n) is 2.58. The molecule has 1 heterocycles. The number of nitrogens with one attached hydrogen (secondary N) is 1. The summed E-state index contributed by atoms with van der Waals surface area (Å²) in [6, 6.07) is 1.60. The zero-order chi connectivity index (χ0) is 9.84. The fourth-order valence-electron chi connectivity index (χ4n) is 1.05. The van der Waals surface area contributed by atoms with E-state index in [1.807, 2.05) is 6.92 Å². The predicted molar refractivity (Wildman–Crippen MR) is 51.1 cm³/mol. The van der Waals surface area contributed by atoms with Gasteiger partial charge in [0, 0.05) is 5.69 Å². The average Bonchev–Trinajstić information content (AvgIpc) is 2.47. The zero-order valence-corrected chi connectivity index (χ0v) is 8.44. The lowest BCUT2D eigenvalue weighted by atomic mass is 10.3. The first kappa shape index (κ1) is 10.1. The number of aromatic nitrogens is 1. The van der Waals surface area contributed by atoms with Crippen LogP contribution in [0.1, 0.15) is 30.0 Å². The maximum absolute atomic E-state index is 11.2. The number of aromatic amines is 1. The average molecular weight is 202 g/mol. The Morgan fingerprint density at radius 1 is 1.62 bits per heavy atom. The van der Waals surface area contributed by atoms with Gasteiger partial charge in [-0.1, -0.05) is 18.5 Å². The number of esters is 1. The van der Waals surface area contributed by atoms with Gasteiger partial charge in [0.2, 0.25) is 0 Å². The van der Waals surface area contributed by atoms with Gasteiger partial charge in [0.05, 0.1) is 11.6 Å². The Kier molecular flexibility index (Phi) is 3.37. The predicted octanol–water partition coefficient (Wildman–Crippen LogP) is 2.41. The van der Waals surface area contributed by atoms with E-state index in [4.69, 9.17) is 16.3 Å². The minimum absolute atomic E-state index is 0.357. The molecule has 0 radical (unpaired) electrons. The third-order valence-corrected chi connectivity index (χ3v) is 2.03. The summed E-state index contributed by atoms with van der Waals surface area (Å²) >= 11 is 5.85. The highest BCUT2D eigenvalue weighted by Crippen LogP contribution is 2.17. The van der Waals surface area contributed by atoms with Crippen LogP contribution in [0.4, 0.5) is 0 Å². The van der Waals surface area contributed by atoms with Gasteiger partial charge in [-0.15, -0.1) is 0 Å². The molecule has 0 fully saturated rings. The summed E-state index contributed by atoms with van der Waals surface area (Å²) < 4.78 is 4.81. The van der Waals surface area contributed by atoms with E-state index in [1.54, 1.807) is 13.0 Å². The number of aryl methyl sites for hydroxylation is 1. The van der Waals surface area contributed by atoms with Crippen molar-refractivity contribution < 1.29 is 9.53 Å². The van der Waals surface area contributed by atoms with Gasteiger partial charge >= 0.3 is 5.97 Å². The van der Waals surface area contributed by atoms with Crippen molar-refractivity contribution in [2.75, 3.05) is 6.61 Å². The first-order valence-electron chi connectivity index (χ1n) is 4.23. The number of hydrogen-bond acceptors (Lipinski definition) is 2. The number of halogens is 1. The van der Waals surface area contributed by atoms with Gasteiger partial charge in [0.1, 0.15) is 5.69 Å². The van der Waals surface area contributed by atoms with Gasteiger partial charge in [-0.05, 0) is 19.4 Å². The number of carbonyl (C=O) groups is 1. The van der Waals surface area contributed by atoms with Crippen LogP contribution >= 0.6 is 11.6 Å². The molecular weight excluding hydrogens is 190 g/mol. The molecule has 0 spiro atoms. The lowest BCUT2D eigenvalue weighted by Crippen LogP contribution is -2.04. The molecule has 0 amide bonds. The van der Waals surface area contributed by atoms with Crippen LogP contribution in [0.5, 0.6) is 0 Å². The fourth-order valence-corrected chi connectivity index (χ4v) is 1.34. The summed E-state index contributed by atoms with van der Waals surface area (Å²) in [6.07, 6.45) is 0.776. The molecule has 1 aromatic rings. The Balaban J connectivity index is 2.84. The Morgan fingerprint density at radius 3 is 2.77 bits per heavy atom. The number of H-pyrrole nitrogens is 1. The second-order valence-corrected chi connectivity index (χ2v) is 2.99. The minimum Gasteiger partial charge on any atom is -0.461 e. The normalized spacial score (nSPS) is 10.1. The van der Waals surface area contributed by atoms with Crippen LogP contribution < -0.4 is 0 Å². The summed E-state index contributed by atoms with van der Waals surface area (Å²) in [4.78, 5) is 14.1. The lowest BCUT2D eigenvalue weighted by Gasteiger charge is -1.97. The van der Waals surface area contributed by atoms with Crippen LogP contribution in [0.25, 0.3) is 0 Å². The van der Waals surface area contributed by atoms with Crippen LogP contribution in [-0.2, 0) is 11.2 Å². The van der Waals surface area contributed by atoms with Crippen molar-refractivity contribution in [1.29, 1.82) is 0 Å². The molecule has 3 nitrogen and oxygen atoms in total. The van der Waals surface area contributed by atoms with Crippen molar-refractivity contribution >= 4 is 17.6 Å². The van der Waals surface area contributed by atoms with Gasteiger partial charge in [0.25, 0.3) is 0 Å². The molecule has 72 valence electrons. The first-order chi connectivity index (χ1) is 6.19. The van der Waals surface area contributed by atoms with E-state index in [0.29, 0.717) is 17.3 Å². The minimum atomic E-state index is -0.357. The highest BCUT2D eigenvalue weighted by Gasteiger charge is 2.11. The number of ether oxygens (including phenoxy) is 1. The Hall–Kier alpha value is -0.960. The molecule has 0 atom stereocenters. The van der Waals surface area contributed by atoms with E-state index in [-0.39, 0.29) is 5.97 Å². The Morgan fingerprint density at radius 2 is 2.31 bits per heavy atom. The molecule has 0 saturated carbocycles. The van der Waals surface area contributed by atoms with Gasteiger partial charge in [0.15, 0.2) is 0 Å². The molecule has 0 bridgehead atoms. The SMILES string of the molecule is CCOC(=O)c1cc(Cl)c(CC)[nH]1. The van der Waals surface area contributed by atoms with E-state index in [9.17, 15) is 4.79 Å². The van der Waals surface area contributed by atoms with E-state index < -0.39 is 0 Å². The van der Waals surface area contributed by atoms with Crippen LogP contribution in [0.3, 0.4) is 0 Å². The highest BCUT2D eigenvalue weighted by molar-refractivity contribution is 6.31. The summed E-state index contributed by atoms with van der Waals surface area (Å²) in [7, 11) is 0. The molecule has 0 aliphatic rings. The van der Waals surface area contributed by atoms with Crippen molar-refractivity contribution in [3.8, 4) is 0 Å². The molecule has 1 rings (SSSR count). The molecule has 4 heteroatoms. The second kappa shape index (κ2) is 4.33. The molecule has 0 unspecified atom stereocenters. The molecule has 0 aromatic carbocycles. The maximum Gasteiger partial charge on any atom is 0.354 e. The van der Waals surface area contributed by atoms with Crippen molar-refractivity contribution in [3.63, 3.8) is 0 Å². The van der Waals surface area contributed by atoms with E-state index >= 15 is 0 Å². The molecule has 1 aromatic heterocycles. The number of rotatable bonds is 3. The van der Waals surface area contributed by atoms with Gasteiger partial charge in [-0.25, -0.2) is 4.79 Å². The molecular formula is C9H12ClNO2. The number of hydrogen-bond donors (Lipinski definition) is 1. The fraction of sp³-hybridized carbons (Fsp3) is 0.444.